The Kier molecular flexibility index (Phi) is 4.80. The van der Waals surface area contributed by atoms with Crippen molar-refractivity contribution in [2.75, 3.05) is 19.1 Å². The van der Waals surface area contributed by atoms with Crippen molar-refractivity contribution in [3.63, 3.8) is 0 Å². The molecule has 1 aromatic rings. The lowest BCUT2D eigenvalue weighted by molar-refractivity contribution is 0.0497. The number of nitrogens with two attached hydrogens (primary N) is 1. The summed E-state index contributed by atoms with van der Waals surface area (Å²) in [6, 6.07) is 5.27. The topological polar surface area (TPSA) is 117 Å². The number of nitrogens with one attached hydrogen (secondary N) is 1. The second-order valence-corrected chi connectivity index (χ2v) is 10.2. The molecule has 150 valence electrons. The minimum Gasteiger partial charge on any atom is -0.454 e. The highest BCUT2D eigenvalue weighted by molar-refractivity contribution is 7.92. The maximum absolute atomic E-state index is 12.7. The number of carbonyl (C=O) groups excluding carboxylic acids is 1. The maximum Gasteiger partial charge on any atom is 0.408 e. The van der Waals surface area contributed by atoms with E-state index >= 15 is 0 Å². The summed E-state index contributed by atoms with van der Waals surface area (Å²) in [6.45, 7) is 6.89. The van der Waals surface area contributed by atoms with Gasteiger partial charge in [-0.1, -0.05) is 13.0 Å². The zero-order chi connectivity index (χ0) is 20.0. The van der Waals surface area contributed by atoms with Gasteiger partial charge in [-0.05, 0) is 38.5 Å². The average Bonchev–Trinajstić information content (AvgIpc) is 3.00. The van der Waals surface area contributed by atoms with Gasteiger partial charge in [0.05, 0.1) is 10.8 Å². The third-order valence-corrected chi connectivity index (χ3v) is 7.14. The summed E-state index contributed by atoms with van der Waals surface area (Å²) in [5, 5.41) is 1.92. The molecule has 3 rings (SSSR count). The molecule has 2 aliphatic rings. The van der Waals surface area contributed by atoms with Crippen LogP contribution in [0.5, 0.6) is 11.5 Å². The van der Waals surface area contributed by atoms with Crippen LogP contribution in [0.3, 0.4) is 0 Å². The van der Waals surface area contributed by atoms with Crippen molar-refractivity contribution in [1.29, 1.82) is 0 Å². The molecule has 0 radical (unpaired) electrons. The molecule has 0 bridgehead atoms. The van der Waals surface area contributed by atoms with Crippen LogP contribution in [0.1, 0.15) is 39.2 Å². The van der Waals surface area contributed by atoms with Crippen LogP contribution in [0.15, 0.2) is 18.2 Å². The Labute approximate surface area is 159 Å². The number of alkyl carbamates (subject to hydrolysis) is 1. The standard InChI is InChI=1S/C18H26N2O6S/c1-5-27(22,23)15-14(11-6-7-12-13(8-11)25-10-24-12)18(15,9-19)20-16(21)26-17(2,3)4/h6-8,14-15H,5,9-10,19H2,1-4H3,(H,20,21). The predicted molar refractivity (Wildman–Crippen MR) is 99.7 cm³/mol. The fraction of sp³-hybridized carbons (Fsp3) is 0.611. The van der Waals surface area contributed by atoms with Crippen molar-refractivity contribution in [3.8, 4) is 11.5 Å². The summed E-state index contributed by atoms with van der Waals surface area (Å²) in [5.74, 6) is 0.619. The van der Waals surface area contributed by atoms with Gasteiger partial charge in [-0.3, -0.25) is 0 Å². The normalized spacial score (nSPS) is 26.6. The van der Waals surface area contributed by atoms with Gasteiger partial charge in [0.1, 0.15) is 5.60 Å². The van der Waals surface area contributed by atoms with Crippen molar-refractivity contribution >= 4 is 15.9 Å². The number of hydrogen-bond donors (Lipinski definition) is 2. The SMILES string of the molecule is CCS(=O)(=O)C1C(c2ccc3c(c2)OCO3)C1(CN)NC(=O)OC(C)(C)C. The zero-order valence-corrected chi connectivity index (χ0v) is 16.8. The van der Waals surface area contributed by atoms with Crippen molar-refractivity contribution in [1.82, 2.24) is 5.32 Å². The minimum absolute atomic E-state index is 0.0325. The van der Waals surface area contributed by atoms with Crippen LogP contribution in [0.25, 0.3) is 0 Å². The van der Waals surface area contributed by atoms with E-state index < -0.39 is 38.2 Å². The minimum atomic E-state index is -3.47. The molecule has 1 heterocycles. The summed E-state index contributed by atoms with van der Waals surface area (Å²) in [4.78, 5) is 12.4. The Morgan fingerprint density at radius 2 is 2.00 bits per heavy atom. The molecular weight excluding hydrogens is 372 g/mol. The smallest absolute Gasteiger partial charge is 0.408 e. The predicted octanol–water partition coefficient (Wildman–Crippen LogP) is 1.54. The molecule has 1 aliphatic carbocycles. The number of rotatable bonds is 5. The summed E-state index contributed by atoms with van der Waals surface area (Å²) < 4.78 is 41.5. The van der Waals surface area contributed by atoms with Crippen LogP contribution in [-0.2, 0) is 14.6 Å². The molecule has 1 aliphatic heterocycles. The first kappa shape index (κ1) is 19.8. The van der Waals surface area contributed by atoms with Gasteiger partial charge in [0.15, 0.2) is 21.3 Å². The van der Waals surface area contributed by atoms with Crippen LogP contribution in [0.4, 0.5) is 4.79 Å². The van der Waals surface area contributed by atoms with E-state index in [2.05, 4.69) is 5.32 Å². The number of fused-ring (bicyclic) bond motifs is 1. The van der Waals surface area contributed by atoms with E-state index in [0.717, 1.165) is 5.56 Å². The lowest BCUT2D eigenvalue weighted by Crippen LogP contribution is -2.49. The zero-order valence-electron chi connectivity index (χ0n) is 15.9. The van der Waals surface area contributed by atoms with Crippen LogP contribution >= 0.6 is 0 Å². The fourth-order valence-electron chi connectivity index (χ4n) is 3.63. The van der Waals surface area contributed by atoms with Gasteiger partial charge >= 0.3 is 6.09 Å². The van der Waals surface area contributed by atoms with Gasteiger partial charge in [-0.25, -0.2) is 13.2 Å². The van der Waals surface area contributed by atoms with Gasteiger partial charge in [0.2, 0.25) is 6.79 Å². The second-order valence-electron chi connectivity index (χ2n) is 7.83. The van der Waals surface area contributed by atoms with Crippen LogP contribution < -0.4 is 20.5 Å². The molecule has 1 fully saturated rings. The van der Waals surface area contributed by atoms with Crippen LogP contribution in [0, 0.1) is 0 Å². The molecule has 1 aromatic carbocycles. The molecule has 0 saturated heterocycles. The molecule has 9 heteroatoms. The van der Waals surface area contributed by atoms with Gasteiger partial charge in [0.25, 0.3) is 0 Å². The lowest BCUT2D eigenvalue weighted by atomic mass is 10.1. The highest BCUT2D eigenvalue weighted by Crippen LogP contribution is 2.56. The summed E-state index contributed by atoms with van der Waals surface area (Å²) >= 11 is 0. The summed E-state index contributed by atoms with van der Waals surface area (Å²) in [6.07, 6.45) is -0.688. The maximum atomic E-state index is 12.7. The Bertz CT molecular complexity index is 848. The lowest BCUT2D eigenvalue weighted by Gasteiger charge is -2.24. The van der Waals surface area contributed by atoms with Gasteiger partial charge in [-0.15, -0.1) is 0 Å². The molecule has 3 unspecified atom stereocenters. The van der Waals surface area contributed by atoms with E-state index in [1.165, 1.54) is 0 Å². The molecule has 1 amide bonds. The molecule has 27 heavy (non-hydrogen) atoms. The highest BCUT2D eigenvalue weighted by atomic mass is 32.2. The number of ether oxygens (including phenoxy) is 3. The molecule has 0 spiro atoms. The molecule has 1 saturated carbocycles. The Morgan fingerprint density at radius 3 is 2.59 bits per heavy atom. The Morgan fingerprint density at radius 1 is 1.33 bits per heavy atom. The van der Waals surface area contributed by atoms with Gasteiger partial charge in [0, 0.05) is 18.2 Å². The number of sulfone groups is 1. The van der Waals surface area contributed by atoms with E-state index in [0.29, 0.717) is 11.5 Å². The summed E-state index contributed by atoms with van der Waals surface area (Å²) in [7, 11) is -3.47. The van der Waals surface area contributed by atoms with Crippen molar-refractivity contribution in [3.05, 3.63) is 23.8 Å². The molecule has 8 nitrogen and oxygen atoms in total. The molecule has 3 N–H and O–H groups in total. The van der Waals surface area contributed by atoms with E-state index in [9.17, 15) is 13.2 Å². The number of benzene rings is 1. The van der Waals surface area contributed by atoms with Crippen molar-refractivity contribution in [2.24, 2.45) is 5.73 Å². The van der Waals surface area contributed by atoms with E-state index in [1.54, 1.807) is 45.9 Å². The number of hydrogen-bond acceptors (Lipinski definition) is 7. The summed E-state index contributed by atoms with van der Waals surface area (Å²) in [5.41, 5.74) is 4.87. The first-order valence-corrected chi connectivity index (χ1v) is 10.6. The molecule has 3 atom stereocenters. The first-order valence-electron chi connectivity index (χ1n) is 8.86. The Balaban J connectivity index is 1.95. The molecular formula is C18H26N2O6S. The van der Waals surface area contributed by atoms with Gasteiger partial charge < -0.3 is 25.3 Å². The third kappa shape index (κ3) is 3.58. The highest BCUT2D eigenvalue weighted by Gasteiger charge is 2.71. The first-order chi connectivity index (χ1) is 12.5. The fourth-order valence-corrected chi connectivity index (χ4v) is 5.67. The number of carbonyl (C=O) groups is 1. The van der Waals surface area contributed by atoms with E-state index in [1.807, 2.05) is 0 Å². The van der Waals surface area contributed by atoms with Crippen molar-refractivity contribution < 1.29 is 27.4 Å². The third-order valence-electron chi connectivity index (χ3n) is 4.87. The number of amides is 1. The van der Waals surface area contributed by atoms with Crippen LogP contribution in [0.2, 0.25) is 0 Å². The largest absolute Gasteiger partial charge is 0.454 e. The molecule has 0 aromatic heterocycles. The second kappa shape index (κ2) is 6.56. The average molecular weight is 398 g/mol. The van der Waals surface area contributed by atoms with Crippen molar-refractivity contribution in [2.45, 2.75) is 50.0 Å². The van der Waals surface area contributed by atoms with Crippen LogP contribution in [-0.4, -0.2) is 50.0 Å². The monoisotopic (exact) mass is 398 g/mol. The van der Waals surface area contributed by atoms with E-state index in [-0.39, 0.29) is 19.1 Å². The van der Waals surface area contributed by atoms with E-state index in [4.69, 9.17) is 19.9 Å². The van der Waals surface area contributed by atoms with Gasteiger partial charge in [-0.2, -0.15) is 0 Å². The Hall–Kier alpha value is -2.00. The quantitative estimate of drug-likeness (QED) is 0.772.